The minimum Gasteiger partial charge on any atom is -0.405 e. The van der Waals surface area contributed by atoms with Gasteiger partial charge in [-0.2, -0.15) is 0 Å². The molecule has 0 saturated carbocycles. The van der Waals surface area contributed by atoms with Crippen LogP contribution in [0.2, 0.25) is 10.0 Å². The Morgan fingerprint density at radius 3 is 2.17 bits per heavy atom. The minimum absolute atomic E-state index is 0.00708. The Labute approximate surface area is 209 Å². The highest BCUT2D eigenvalue weighted by molar-refractivity contribution is 7.89. The molecule has 7 nitrogen and oxygen atoms in total. The smallest absolute Gasteiger partial charge is 0.405 e. The van der Waals surface area contributed by atoms with E-state index in [1.54, 1.807) is 12.1 Å². The molecule has 0 aliphatic heterocycles. The van der Waals surface area contributed by atoms with Gasteiger partial charge in [-0.25, -0.2) is 17.9 Å². The second-order valence-electron chi connectivity index (χ2n) is 7.02. The fraction of sp³-hybridized carbons (Fsp3) is 0.136. The number of halogens is 5. The molecular formula is C22H18Cl2F3N3O4S. The van der Waals surface area contributed by atoms with Crippen molar-refractivity contribution in [1.82, 2.24) is 10.0 Å². The van der Waals surface area contributed by atoms with Crippen LogP contribution in [-0.4, -0.2) is 27.9 Å². The molecule has 3 aromatic carbocycles. The third-order valence-corrected chi connectivity index (χ3v) is 6.66. The lowest BCUT2D eigenvalue weighted by Gasteiger charge is -2.16. The first kappa shape index (κ1) is 26.6. The molecule has 35 heavy (non-hydrogen) atoms. The average molecular weight is 548 g/mol. The molecule has 0 aromatic heterocycles. The van der Waals surface area contributed by atoms with E-state index in [2.05, 4.69) is 20.1 Å². The van der Waals surface area contributed by atoms with E-state index in [0.29, 0.717) is 5.56 Å². The van der Waals surface area contributed by atoms with Crippen molar-refractivity contribution in [3.8, 4) is 16.9 Å². The van der Waals surface area contributed by atoms with Crippen LogP contribution in [0.5, 0.6) is 5.75 Å². The van der Waals surface area contributed by atoms with Crippen LogP contribution in [0.4, 0.5) is 23.7 Å². The molecule has 2 amide bonds. The molecule has 186 valence electrons. The van der Waals surface area contributed by atoms with Gasteiger partial charge in [0.2, 0.25) is 10.0 Å². The number of alkyl halides is 3. The van der Waals surface area contributed by atoms with Crippen LogP contribution in [0.1, 0.15) is 5.56 Å². The normalized spacial score (nSPS) is 11.7. The number of anilines is 1. The van der Waals surface area contributed by atoms with Gasteiger partial charge in [0, 0.05) is 23.4 Å². The minimum atomic E-state index is -4.91. The van der Waals surface area contributed by atoms with Crippen molar-refractivity contribution >= 4 is 44.9 Å². The van der Waals surface area contributed by atoms with Crippen molar-refractivity contribution in [2.45, 2.75) is 17.8 Å². The van der Waals surface area contributed by atoms with Gasteiger partial charge in [-0.05, 0) is 42.9 Å². The Kier molecular flexibility index (Phi) is 8.16. The lowest BCUT2D eigenvalue weighted by atomic mass is 10.0. The number of carbonyl (C=O) groups excluding carboxylic acids is 1. The summed E-state index contributed by atoms with van der Waals surface area (Å²) in [7, 11) is -2.27. The molecule has 0 unspecified atom stereocenters. The summed E-state index contributed by atoms with van der Waals surface area (Å²) in [5.74, 6) is -0.476. The number of hydrogen-bond donors (Lipinski definition) is 3. The fourth-order valence-electron chi connectivity index (χ4n) is 3.05. The van der Waals surface area contributed by atoms with E-state index in [9.17, 15) is 26.4 Å². The van der Waals surface area contributed by atoms with Gasteiger partial charge in [-0.15, -0.1) is 13.2 Å². The third kappa shape index (κ3) is 7.01. The zero-order chi connectivity index (χ0) is 25.8. The third-order valence-electron chi connectivity index (χ3n) is 4.64. The van der Waals surface area contributed by atoms with Gasteiger partial charge in [0.05, 0.1) is 14.9 Å². The van der Waals surface area contributed by atoms with Crippen LogP contribution in [0.3, 0.4) is 0 Å². The van der Waals surface area contributed by atoms with Crippen molar-refractivity contribution in [2.75, 3.05) is 12.4 Å². The molecule has 0 saturated heterocycles. The van der Waals surface area contributed by atoms with E-state index in [1.807, 2.05) is 0 Å². The highest BCUT2D eigenvalue weighted by Crippen LogP contribution is 2.42. The van der Waals surface area contributed by atoms with Crippen LogP contribution >= 0.6 is 23.2 Å². The maximum Gasteiger partial charge on any atom is 0.573 e. The lowest BCUT2D eigenvalue weighted by Crippen LogP contribution is -2.28. The second-order valence-corrected chi connectivity index (χ2v) is 9.72. The summed E-state index contributed by atoms with van der Waals surface area (Å²) in [4.78, 5) is 12.4. The predicted molar refractivity (Wildman–Crippen MR) is 127 cm³/mol. The largest absolute Gasteiger partial charge is 0.573 e. The molecule has 0 heterocycles. The molecule has 0 atom stereocenters. The average Bonchev–Trinajstić information content (AvgIpc) is 2.77. The first-order chi connectivity index (χ1) is 16.4. The van der Waals surface area contributed by atoms with Crippen LogP contribution in [0, 0.1) is 0 Å². The number of amides is 2. The summed E-state index contributed by atoms with van der Waals surface area (Å²) in [6.45, 7) is 0.0907. The van der Waals surface area contributed by atoms with E-state index < -0.39 is 28.2 Å². The molecule has 0 bridgehead atoms. The molecule has 13 heteroatoms. The monoisotopic (exact) mass is 547 g/mol. The number of ether oxygens (including phenoxy) is 1. The quantitative estimate of drug-likeness (QED) is 0.349. The number of hydrogen-bond acceptors (Lipinski definition) is 4. The summed E-state index contributed by atoms with van der Waals surface area (Å²) >= 11 is 12.6. The number of sulfonamides is 1. The van der Waals surface area contributed by atoms with Gasteiger partial charge in [0.15, 0.2) is 0 Å². The Bertz CT molecular complexity index is 1310. The molecule has 0 aliphatic carbocycles. The molecule has 3 rings (SSSR count). The van der Waals surface area contributed by atoms with Crippen LogP contribution in [-0.2, 0) is 16.6 Å². The SMILES string of the molecule is CNS(=O)(=O)c1ccc(CNC(=O)Nc2cc(Cl)c(-c3ccccc3OC(F)(F)F)c(Cl)c2)cc1. The molecule has 3 N–H and O–H groups in total. The molecule has 0 radical (unpaired) electrons. The van der Waals surface area contributed by atoms with Crippen LogP contribution in [0.15, 0.2) is 65.6 Å². The van der Waals surface area contributed by atoms with Gasteiger partial charge >= 0.3 is 12.4 Å². The van der Waals surface area contributed by atoms with Gasteiger partial charge in [0.25, 0.3) is 0 Å². The van der Waals surface area contributed by atoms with Gasteiger partial charge in [-0.3, -0.25) is 0 Å². The van der Waals surface area contributed by atoms with Crippen molar-refractivity contribution in [3.05, 3.63) is 76.3 Å². The molecule has 0 aliphatic rings. The predicted octanol–water partition coefficient (Wildman–Crippen LogP) is 5.79. The summed E-state index contributed by atoms with van der Waals surface area (Å²) < 4.78 is 68.1. The zero-order valence-electron chi connectivity index (χ0n) is 17.9. The second kappa shape index (κ2) is 10.7. The molecule has 3 aromatic rings. The van der Waals surface area contributed by atoms with E-state index in [4.69, 9.17) is 23.2 Å². The van der Waals surface area contributed by atoms with Gasteiger partial charge in [0.1, 0.15) is 5.75 Å². The molecule has 0 fully saturated rings. The number of rotatable bonds is 7. The van der Waals surface area contributed by atoms with E-state index >= 15 is 0 Å². The first-order valence-electron chi connectivity index (χ1n) is 9.81. The first-order valence-corrected chi connectivity index (χ1v) is 12.0. The fourth-order valence-corrected chi connectivity index (χ4v) is 4.47. The summed E-state index contributed by atoms with van der Waals surface area (Å²) in [6.07, 6.45) is -4.91. The summed E-state index contributed by atoms with van der Waals surface area (Å²) in [5.41, 5.74) is 0.976. The Morgan fingerprint density at radius 1 is 1.00 bits per heavy atom. The molecule has 0 spiro atoms. The summed E-state index contributed by atoms with van der Waals surface area (Å²) in [5, 5.41) is 5.11. The van der Waals surface area contributed by atoms with Gasteiger partial charge < -0.3 is 15.4 Å². The van der Waals surface area contributed by atoms with Gasteiger partial charge in [-0.1, -0.05) is 53.5 Å². The zero-order valence-corrected chi connectivity index (χ0v) is 20.2. The van der Waals surface area contributed by atoms with E-state index in [1.165, 1.54) is 49.5 Å². The van der Waals surface area contributed by atoms with Crippen molar-refractivity contribution in [2.24, 2.45) is 0 Å². The van der Waals surface area contributed by atoms with Crippen molar-refractivity contribution < 1.29 is 31.1 Å². The van der Waals surface area contributed by atoms with Crippen LogP contribution in [0.25, 0.3) is 11.1 Å². The highest BCUT2D eigenvalue weighted by Gasteiger charge is 2.32. The van der Waals surface area contributed by atoms with Crippen molar-refractivity contribution in [3.63, 3.8) is 0 Å². The van der Waals surface area contributed by atoms with Crippen molar-refractivity contribution in [1.29, 1.82) is 0 Å². The Balaban J connectivity index is 1.71. The van der Waals surface area contributed by atoms with Crippen LogP contribution < -0.4 is 20.1 Å². The maximum absolute atomic E-state index is 12.8. The molecular weight excluding hydrogens is 530 g/mol. The Morgan fingerprint density at radius 2 is 1.60 bits per heavy atom. The van der Waals surface area contributed by atoms with E-state index in [-0.39, 0.29) is 38.3 Å². The number of benzene rings is 3. The van der Waals surface area contributed by atoms with E-state index in [0.717, 1.165) is 6.07 Å². The Hall–Kier alpha value is -2.99. The number of para-hydroxylation sites is 1. The highest BCUT2D eigenvalue weighted by atomic mass is 35.5. The standard InChI is InChI=1S/C22H18Cl2F3N3O4S/c1-28-35(32,33)15-8-6-13(7-9-15)12-29-21(31)30-14-10-17(23)20(18(24)11-14)16-4-2-3-5-19(16)34-22(25,26)27/h2-11,28H,12H2,1H3,(H2,29,30,31). The number of carbonyl (C=O) groups is 1. The number of urea groups is 1. The number of nitrogens with one attached hydrogen (secondary N) is 3. The topological polar surface area (TPSA) is 96.5 Å². The lowest BCUT2D eigenvalue weighted by molar-refractivity contribution is -0.274. The summed E-state index contributed by atoms with van der Waals surface area (Å²) in [6, 6.07) is 13.4. The maximum atomic E-state index is 12.8.